The molecule has 0 radical (unpaired) electrons. The number of nitrogens with zero attached hydrogens (tertiary/aromatic N) is 3. The SMILES string of the molecule is COCCN(C(=O)CN(C)S(=O)(=O)c1ccc(NC(C)=O)cc1)c1nc2ccccc2s1. The maximum Gasteiger partial charge on any atom is 0.244 e. The standard InChI is InChI=1S/C21H24N4O5S2/c1-15(26)22-16-8-10-17(11-9-16)32(28,29)24(2)14-20(27)25(12-13-30-3)21-23-18-6-4-5-7-19(18)31-21/h4-11H,12-14H2,1-3H3,(H,22,26). The van der Waals surface area contributed by atoms with Gasteiger partial charge in [-0.05, 0) is 36.4 Å². The van der Waals surface area contributed by atoms with Crippen LogP contribution in [0.2, 0.25) is 0 Å². The van der Waals surface area contributed by atoms with E-state index >= 15 is 0 Å². The van der Waals surface area contributed by atoms with Gasteiger partial charge >= 0.3 is 0 Å². The van der Waals surface area contributed by atoms with Gasteiger partial charge in [-0.25, -0.2) is 13.4 Å². The van der Waals surface area contributed by atoms with E-state index in [1.165, 1.54) is 61.6 Å². The monoisotopic (exact) mass is 476 g/mol. The average Bonchev–Trinajstić information content (AvgIpc) is 3.17. The molecule has 11 heteroatoms. The molecule has 1 heterocycles. The number of methoxy groups -OCH3 is 1. The second-order valence-electron chi connectivity index (χ2n) is 6.97. The number of para-hydroxylation sites is 1. The molecule has 0 aliphatic heterocycles. The first-order valence-electron chi connectivity index (χ1n) is 9.71. The van der Waals surface area contributed by atoms with Gasteiger partial charge in [0.15, 0.2) is 5.13 Å². The lowest BCUT2D eigenvalue weighted by atomic mass is 10.3. The summed E-state index contributed by atoms with van der Waals surface area (Å²) in [5.74, 6) is -0.670. The number of aromatic nitrogens is 1. The molecule has 3 aromatic rings. The lowest BCUT2D eigenvalue weighted by molar-refractivity contribution is -0.118. The van der Waals surface area contributed by atoms with Crippen molar-refractivity contribution >= 4 is 54.2 Å². The number of carbonyl (C=O) groups excluding carboxylic acids is 2. The fourth-order valence-electron chi connectivity index (χ4n) is 2.94. The molecule has 0 saturated heterocycles. The van der Waals surface area contributed by atoms with E-state index in [9.17, 15) is 18.0 Å². The minimum atomic E-state index is -3.92. The predicted molar refractivity (Wildman–Crippen MR) is 124 cm³/mol. The largest absolute Gasteiger partial charge is 0.383 e. The molecular weight excluding hydrogens is 452 g/mol. The first-order chi connectivity index (χ1) is 15.2. The third kappa shape index (κ3) is 5.49. The molecule has 0 fully saturated rings. The van der Waals surface area contributed by atoms with Gasteiger partial charge in [-0.1, -0.05) is 23.5 Å². The van der Waals surface area contributed by atoms with Crippen LogP contribution in [0.4, 0.5) is 10.8 Å². The Morgan fingerprint density at radius 1 is 1.12 bits per heavy atom. The Balaban J connectivity index is 1.79. The van der Waals surface area contributed by atoms with Crippen LogP contribution in [0, 0.1) is 0 Å². The van der Waals surface area contributed by atoms with Crippen LogP contribution in [0.1, 0.15) is 6.92 Å². The molecule has 3 rings (SSSR count). The number of hydrogen-bond donors (Lipinski definition) is 1. The number of anilines is 2. The van der Waals surface area contributed by atoms with Crippen LogP contribution >= 0.6 is 11.3 Å². The van der Waals surface area contributed by atoms with Crippen LogP contribution in [0.15, 0.2) is 53.4 Å². The zero-order valence-electron chi connectivity index (χ0n) is 17.9. The maximum absolute atomic E-state index is 13.1. The van der Waals surface area contributed by atoms with Gasteiger partial charge in [0.1, 0.15) is 0 Å². The van der Waals surface area contributed by atoms with E-state index in [-0.39, 0.29) is 30.5 Å². The molecule has 1 aromatic heterocycles. The molecular formula is C21H24N4O5S2. The predicted octanol–water partition coefficient (Wildman–Crippen LogP) is 2.55. The number of hydrogen-bond acceptors (Lipinski definition) is 7. The van der Waals surface area contributed by atoms with Crippen molar-refractivity contribution in [2.24, 2.45) is 0 Å². The molecule has 0 bridgehead atoms. The Morgan fingerprint density at radius 3 is 2.44 bits per heavy atom. The molecule has 2 amide bonds. The Hall–Kier alpha value is -2.86. The van der Waals surface area contributed by atoms with E-state index in [2.05, 4.69) is 10.3 Å². The number of thiazole rings is 1. The van der Waals surface area contributed by atoms with Crippen molar-refractivity contribution in [3.63, 3.8) is 0 Å². The third-order valence-electron chi connectivity index (χ3n) is 4.57. The number of nitrogens with one attached hydrogen (secondary N) is 1. The molecule has 0 aliphatic rings. The zero-order valence-corrected chi connectivity index (χ0v) is 19.6. The average molecular weight is 477 g/mol. The second kappa shape index (κ2) is 10.2. The van der Waals surface area contributed by atoms with Crippen molar-refractivity contribution in [1.29, 1.82) is 0 Å². The minimum Gasteiger partial charge on any atom is -0.383 e. The lowest BCUT2D eigenvalue weighted by Crippen LogP contribution is -2.42. The summed E-state index contributed by atoms with van der Waals surface area (Å²) in [4.78, 5) is 30.2. The van der Waals surface area contributed by atoms with Crippen LogP contribution < -0.4 is 10.2 Å². The van der Waals surface area contributed by atoms with E-state index in [0.717, 1.165) is 14.5 Å². The van der Waals surface area contributed by atoms with Crippen LogP contribution in [-0.2, 0) is 24.3 Å². The fourth-order valence-corrected chi connectivity index (χ4v) is 5.07. The first kappa shape index (κ1) is 23.8. The summed E-state index contributed by atoms with van der Waals surface area (Å²) in [6.45, 7) is 1.53. The van der Waals surface area contributed by atoms with Gasteiger partial charge in [-0.2, -0.15) is 4.31 Å². The number of amides is 2. The minimum absolute atomic E-state index is 0.0188. The van der Waals surface area contributed by atoms with Gasteiger partial charge in [0, 0.05) is 26.8 Å². The molecule has 9 nitrogen and oxygen atoms in total. The molecule has 2 aromatic carbocycles. The zero-order chi connectivity index (χ0) is 23.3. The van der Waals surface area contributed by atoms with Gasteiger partial charge in [0.25, 0.3) is 0 Å². The van der Waals surface area contributed by atoms with Crippen molar-refractivity contribution in [2.75, 3.05) is 44.1 Å². The highest BCUT2D eigenvalue weighted by Gasteiger charge is 2.27. The van der Waals surface area contributed by atoms with Gasteiger partial charge in [-0.15, -0.1) is 0 Å². The van der Waals surface area contributed by atoms with Crippen molar-refractivity contribution in [3.8, 4) is 0 Å². The van der Waals surface area contributed by atoms with Gasteiger partial charge in [0.05, 0.1) is 34.8 Å². The van der Waals surface area contributed by atoms with Crippen molar-refractivity contribution in [2.45, 2.75) is 11.8 Å². The summed E-state index contributed by atoms with van der Waals surface area (Å²) in [6.07, 6.45) is 0. The van der Waals surface area contributed by atoms with E-state index in [1.54, 1.807) is 0 Å². The maximum atomic E-state index is 13.1. The molecule has 170 valence electrons. The summed E-state index contributed by atoms with van der Waals surface area (Å²) < 4.78 is 32.9. The molecule has 1 N–H and O–H groups in total. The van der Waals surface area contributed by atoms with E-state index < -0.39 is 15.9 Å². The van der Waals surface area contributed by atoms with Crippen LogP contribution in [0.5, 0.6) is 0 Å². The second-order valence-corrected chi connectivity index (χ2v) is 10.0. The quantitative estimate of drug-likeness (QED) is 0.508. The lowest BCUT2D eigenvalue weighted by Gasteiger charge is -2.23. The van der Waals surface area contributed by atoms with E-state index in [4.69, 9.17) is 4.74 Å². The number of carbonyl (C=O) groups is 2. The molecule has 0 aliphatic carbocycles. The Kier molecular flexibility index (Phi) is 7.56. The third-order valence-corrected chi connectivity index (χ3v) is 7.45. The number of fused-ring (bicyclic) bond motifs is 1. The topological polar surface area (TPSA) is 109 Å². The first-order valence-corrected chi connectivity index (χ1v) is 12.0. The van der Waals surface area contributed by atoms with Gasteiger partial charge in [0.2, 0.25) is 21.8 Å². The highest BCUT2D eigenvalue weighted by molar-refractivity contribution is 7.89. The van der Waals surface area contributed by atoms with Crippen LogP contribution in [0.3, 0.4) is 0 Å². The molecule has 32 heavy (non-hydrogen) atoms. The molecule has 0 saturated carbocycles. The number of ether oxygens (including phenoxy) is 1. The summed E-state index contributed by atoms with van der Waals surface area (Å²) in [5.41, 5.74) is 1.25. The normalized spacial score (nSPS) is 11.6. The highest BCUT2D eigenvalue weighted by atomic mass is 32.2. The number of likely N-dealkylation sites (N-methyl/N-ethyl adjacent to an activating group) is 1. The fraction of sp³-hybridized carbons (Fsp3) is 0.286. The van der Waals surface area contributed by atoms with E-state index in [1.807, 2.05) is 24.3 Å². The van der Waals surface area contributed by atoms with Crippen molar-refractivity contribution < 1.29 is 22.7 Å². The number of rotatable bonds is 9. The summed E-state index contributed by atoms with van der Waals surface area (Å²) in [5, 5.41) is 3.07. The van der Waals surface area contributed by atoms with Crippen LogP contribution in [-0.4, -0.2) is 63.4 Å². The highest BCUT2D eigenvalue weighted by Crippen LogP contribution is 2.29. The smallest absolute Gasteiger partial charge is 0.244 e. The molecule has 0 unspecified atom stereocenters. The Morgan fingerprint density at radius 2 is 1.81 bits per heavy atom. The summed E-state index contributed by atoms with van der Waals surface area (Å²) in [7, 11) is -1.04. The van der Waals surface area contributed by atoms with Gasteiger partial charge in [-0.3, -0.25) is 14.5 Å². The Labute approximate surface area is 190 Å². The van der Waals surface area contributed by atoms with E-state index in [0.29, 0.717) is 10.8 Å². The Bertz CT molecular complexity index is 1180. The molecule has 0 spiro atoms. The van der Waals surface area contributed by atoms with Gasteiger partial charge < -0.3 is 10.1 Å². The number of sulfonamides is 1. The summed E-state index contributed by atoms with van der Waals surface area (Å²) >= 11 is 1.36. The summed E-state index contributed by atoms with van der Waals surface area (Å²) in [6, 6.07) is 13.3. The van der Waals surface area contributed by atoms with Crippen LogP contribution in [0.25, 0.3) is 10.2 Å². The number of benzene rings is 2. The van der Waals surface area contributed by atoms with Crippen molar-refractivity contribution in [1.82, 2.24) is 9.29 Å². The molecule has 0 atom stereocenters. The van der Waals surface area contributed by atoms with Crippen molar-refractivity contribution in [3.05, 3.63) is 48.5 Å².